The molecule has 1 unspecified atom stereocenters. The van der Waals surface area contributed by atoms with E-state index in [1.54, 1.807) is 11.3 Å². The summed E-state index contributed by atoms with van der Waals surface area (Å²) in [5.41, 5.74) is 7.33. The second-order valence-electron chi connectivity index (χ2n) is 5.11. The van der Waals surface area contributed by atoms with Crippen LogP contribution in [-0.4, -0.2) is 12.5 Å². The van der Waals surface area contributed by atoms with Gasteiger partial charge in [0.1, 0.15) is 0 Å². The van der Waals surface area contributed by atoms with Gasteiger partial charge in [-0.3, -0.25) is 4.79 Å². The van der Waals surface area contributed by atoms with Gasteiger partial charge in [-0.1, -0.05) is 25.1 Å². The number of carbonyl (C=O) groups is 1. The van der Waals surface area contributed by atoms with Gasteiger partial charge in [0.25, 0.3) is 0 Å². The predicted molar refractivity (Wildman–Crippen MR) is 84.8 cm³/mol. The van der Waals surface area contributed by atoms with Crippen LogP contribution in [0.25, 0.3) is 0 Å². The number of thiophene rings is 1. The molecule has 0 radical (unpaired) electrons. The maximum absolute atomic E-state index is 11.9. The molecule has 1 aromatic heterocycles. The lowest BCUT2D eigenvalue weighted by Crippen LogP contribution is -2.30. The van der Waals surface area contributed by atoms with E-state index in [-0.39, 0.29) is 5.91 Å². The number of hydrogen-bond acceptors (Lipinski definition) is 3. The molecule has 1 amide bonds. The fourth-order valence-corrected chi connectivity index (χ4v) is 2.89. The Morgan fingerprint density at radius 1 is 1.30 bits per heavy atom. The van der Waals surface area contributed by atoms with Crippen LogP contribution in [0, 0.1) is 5.92 Å². The van der Waals surface area contributed by atoms with E-state index in [9.17, 15) is 4.79 Å². The Balaban J connectivity index is 1.73. The third-order valence-corrected chi connectivity index (χ3v) is 4.02. The number of nitrogen functional groups attached to an aromatic ring is 1. The van der Waals surface area contributed by atoms with Crippen molar-refractivity contribution in [3.05, 3.63) is 52.2 Å². The van der Waals surface area contributed by atoms with Crippen molar-refractivity contribution >= 4 is 22.9 Å². The van der Waals surface area contributed by atoms with Crippen molar-refractivity contribution in [3.8, 4) is 0 Å². The van der Waals surface area contributed by atoms with Crippen LogP contribution in [-0.2, 0) is 17.6 Å². The first-order valence-electron chi connectivity index (χ1n) is 6.77. The first-order valence-corrected chi connectivity index (χ1v) is 7.65. The van der Waals surface area contributed by atoms with Crippen LogP contribution in [0.4, 0.5) is 5.69 Å². The van der Waals surface area contributed by atoms with E-state index in [2.05, 4.69) is 29.8 Å². The Morgan fingerprint density at radius 3 is 2.70 bits per heavy atom. The molecule has 0 spiro atoms. The van der Waals surface area contributed by atoms with Crippen molar-refractivity contribution in [1.29, 1.82) is 0 Å². The highest BCUT2D eigenvalue weighted by atomic mass is 32.1. The number of benzene rings is 1. The highest BCUT2D eigenvalue weighted by molar-refractivity contribution is 7.09. The van der Waals surface area contributed by atoms with Crippen molar-refractivity contribution in [3.63, 3.8) is 0 Å². The molecule has 0 aliphatic carbocycles. The molecule has 0 aliphatic rings. The van der Waals surface area contributed by atoms with Crippen LogP contribution in [0.1, 0.15) is 17.4 Å². The van der Waals surface area contributed by atoms with Crippen LogP contribution in [0.5, 0.6) is 0 Å². The molecule has 3 nitrogen and oxygen atoms in total. The second kappa shape index (κ2) is 7.10. The van der Waals surface area contributed by atoms with E-state index >= 15 is 0 Å². The van der Waals surface area contributed by atoms with E-state index in [1.165, 1.54) is 4.88 Å². The van der Waals surface area contributed by atoms with Gasteiger partial charge in [0, 0.05) is 17.1 Å². The first-order chi connectivity index (χ1) is 9.63. The number of anilines is 1. The number of nitrogens with two attached hydrogens (primary N) is 1. The van der Waals surface area contributed by atoms with Crippen molar-refractivity contribution < 1.29 is 4.79 Å². The molecule has 1 atom stereocenters. The Bertz CT molecular complexity index is 534. The molecule has 0 bridgehead atoms. The lowest BCUT2D eigenvalue weighted by atomic mass is 10.1. The zero-order valence-corrected chi connectivity index (χ0v) is 12.5. The lowest BCUT2D eigenvalue weighted by Gasteiger charge is -2.11. The second-order valence-corrected chi connectivity index (χ2v) is 6.14. The van der Waals surface area contributed by atoms with Gasteiger partial charge in [0.2, 0.25) is 5.91 Å². The summed E-state index contributed by atoms with van der Waals surface area (Å²) in [6.45, 7) is 2.87. The zero-order valence-electron chi connectivity index (χ0n) is 11.6. The van der Waals surface area contributed by atoms with E-state index < -0.39 is 0 Å². The largest absolute Gasteiger partial charge is 0.399 e. The molecule has 2 aromatic rings. The first kappa shape index (κ1) is 14.6. The topological polar surface area (TPSA) is 55.1 Å². The van der Waals surface area contributed by atoms with E-state index in [1.807, 2.05) is 24.3 Å². The molecule has 0 fully saturated rings. The molecular formula is C16H20N2OS. The summed E-state index contributed by atoms with van der Waals surface area (Å²) in [6, 6.07) is 11.6. The minimum Gasteiger partial charge on any atom is -0.399 e. The van der Waals surface area contributed by atoms with Gasteiger partial charge in [0.15, 0.2) is 0 Å². The molecule has 0 saturated heterocycles. The monoisotopic (exact) mass is 288 g/mol. The fourth-order valence-electron chi connectivity index (χ4n) is 2.02. The van der Waals surface area contributed by atoms with Crippen molar-refractivity contribution in [1.82, 2.24) is 5.32 Å². The molecule has 2 rings (SSSR count). The summed E-state index contributed by atoms with van der Waals surface area (Å²) in [5, 5.41) is 5.08. The highest BCUT2D eigenvalue weighted by Crippen LogP contribution is 2.13. The Labute approximate surface area is 123 Å². The number of rotatable bonds is 6. The summed E-state index contributed by atoms with van der Waals surface area (Å²) < 4.78 is 0. The highest BCUT2D eigenvalue weighted by Gasteiger charge is 2.08. The number of nitrogens with one attached hydrogen (secondary N) is 1. The van der Waals surface area contributed by atoms with E-state index in [0.29, 0.717) is 18.9 Å². The smallest absolute Gasteiger partial charge is 0.224 e. The third kappa shape index (κ3) is 4.70. The molecule has 1 heterocycles. The maximum Gasteiger partial charge on any atom is 0.224 e. The molecule has 1 aromatic carbocycles. The summed E-state index contributed by atoms with van der Waals surface area (Å²) in [6.07, 6.45) is 1.42. The average molecular weight is 288 g/mol. The molecule has 20 heavy (non-hydrogen) atoms. The normalized spacial score (nSPS) is 12.1. The van der Waals surface area contributed by atoms with Crippen LogP contribution >= 0.6 is 11.3 Å². The van der Waals surface area contributed by atoms with Gasteiger partial charge < -0.3 is 11.1 Å². The van der Waals surface area contributed by atoms with Gasteiger partial charge in [0.05, 0.1) is 6.42 Å². The third-order valence-electron chi connectivity index (χ3n) is 3.12. The van der Waals surface area contributed by atoms with Crippen LogP contribution in [0.15, 0.2) is 41.8 Å². The number of carbonyl (C=O) groups excluding carboxylic acids is 1. The SMILES string of the molecule is CC(CNC(=O)Cc1ccc(N)cc1)Cc1cccs1. The van der Waals surface area contributed by atoms with Crippen molar-refractivity contribution in [2.45, 2.75) is 19.8 Å². The average Bonchev–Trinajstić information content (AvgIpc) is 2.92. The molecule has 106 valence electrons. The number of amides is 1. The summed E-state index contributed by atoms with van der Waals surface area (Å²) in [7, 11) is 0. The molecule has 4 heteroatoms. The van der Waals surface area contributed by atoms with Crippen molar-refractivity contribution in [2.24, 2.45) is 5.92 Å². The quantitative estimate of drug-likeness (QED) is 0.803. The zero-order chi connectivity index (χ0) is 14.4. The Kier molecular flexibility index (Phi) is 5.18. The molecule has 3 N–H and O–H groups in total. The molecular weight excluding hydrogens is 268 g/mol. The summed E-state index contributed by atoms with van der Waals surface area (Å²) in [4.78, 5) is 13.2. The molecule has 0 aliphatic heterocycles. The van der Waals surface area contributed by atoms with E-state index in [0.717, 1.165) is 17.7 Å². The van der Waals surface area contributed by atoms with Gasteiger partial charge in [-0.2, -0.15) is 0 Å². The lowest BCUT2D eigenvalue weighted by molar-refractivity contribution is -0.120. The maximum atomic E-state index is 11.9. The summed E-state index contributed by atoms with van der Waals surface area (Å²) >= 11 is 1.76. The van der Waals surface area contributed by atoms with Crippen LogP contribution in [0.2, 0.25) is 0 Å². The summed E-state index contributed by atoms with van der Waals surface area (Å²) in [5.74, 6) is 0.511. The van der Waals surface area contributed by atoms with Gasteiger partial charge in [-0.25, -0.2) is 0 Å². The Morgan fingerprint density at radius 2 is 2.05 bits per heavy atom. The molecule has 0 saturated carbocycles. The minimum absolute atomic E-state index is 0.0628. The fraction of sp³-hybridized carbons (Fsp3) is 0.312. The van der Waals surface area contributed by atoms with Crippen LogP contribution < -0.4 is 11.1 Å². The van der Waals surface area contributed by atoms with Crippen LogP contribution in [0.3, 0.4) is 0 Å². The van der Waals surface area contributed by atoms with Crippen molar-refractivity contribution in [2.75, 3.05) is 12.3 Å². The van der Waals surface area contributed by atoms with Gasteiger partial charge in [-0.05, 0) is 41.5 Å². The van der Waals surface area contributed by atoms with Gasteiger partial charge >= 0.3 is 0 Å². The van der Waals surface area contributed by atoms with E-state index in [4.69, 9.17) is 5.73 Å². The Hall–Kier alpha value is -1.81. The predicted octanol–water partition coefficient (Wildman–Crippen LogP) is 2.87. The standard InChI is InChI=1S/C16H20N2OS/c1-12(9-15-3-2-8-20-15)11-18-16(19)10-13-4-6-14(17)7-5-13/h2-8,12H,9-11,17H2,1H3,(H,18,19). The number of hydrogen-bond donors (Lipinski definition) is 2. The van der Waals surface area contributed by atoms with Gasteiger partial charge in [-0.15, -0.1) is 11.3 Å². The minimum atomic E-state index is 0.0628.